The lowest BCUT2D eigenvalue weighted by atomic mass is 9.99. The van der Waals surface area contributed by atoms with Crippen LogP contribution in [0.2, 0.25) is 0 Å². The molecule has 2 amide bonds. The molecular formula is C21H25F2N3O4S. The standard InChI is InChI=1S/C21H25F2N3O4S/c1-2-21(22,23)19(27)15-9-10-26(12-15)31(29,30)25-20(28)24-18-16-7-3-5-13(16)11-14-6-4-8-17(14)18/h9-12,19,27H,2-8H2,1H3,(H2,24,25,28). The molecule has 4 rings (SSSR count). The Balaban J connectivity index is 1.53. The molecule has 10 heteroatoms. The number of fused-ring (bicyclic) bond motifs is 2. The van der Waals surface area contributed by atoms with Crippen LogP contribution in [0.1, 0.15) is 60.1 Å². The molecule has 2 aromatic rings. The van der Waals surface area contributed by atoms with Gasteiger partial charge in [-0.1, -0.05) is 13.0 Å². The van der Waals surface area contributed by atoms with Crippen LogP contribution in [0.5, 0.6) is 0 Å². The van der Waals surface area contributed by atoms with Crippen molar-refractivity contribution in [1.29, 1.82) is 0 Å². The van der Waals surface area contributed by atoms with Crippen LogP contribution >= 0.6 is 0 Å². The number of carbonyl (C=O) groups is 1. The predicted molar refractivity (Wildman–Crippen MR) is 112 cm³/mol. The Bertz CT molecular complexity index is 1100. The summed E-state index contributed by atoms with van der Waals surface area (Å²) in [6.45, 7) is 1.22. The van der Waals surface area contributed by atoms with Gasteiger partial charge in [0, 0.05) is 30.1 Å². The summed E-state index contributed by atoms with van der Waals surface area (Å²) in [6.07, 6.45) is 4.66. The summed E-state index contributed by atoms with van der Waals surface area (Å²) in [5, 5.41) is 12.5. The first-order chi connectivity index (χ1) is 14.6. The predicted octanol–water partition coefficient (Wildman–Crippen LogP) is 3.46. The first-order valence-corrected chi connectivity index (χ1v) is 11.8. The van der Waals surface area contributed by atoms with Gasteiger partial charge in [-0.05, 0) is 66.8 Å². The highest BCUT2D eigenvalue weighted by Crippen LogP contribution is 2.38. The lowest BCUT2D eigenvalue weighted by molar-refractivity contribution is -0.112. The Kier molecular flexibility index (Phi) is 5.55. The quantitative estimate of drug-likeness (QED) is 0.624. The monoisotopic (exact) mass is 453 g/mol. The zero-order valence-corrected chi connectivity index (χ0v) is 17.9. The number of benzene rings is 1. The summed E-state index contributed by atoms with van der Waals surface area (Å²) in [7, 11) is -4.37. The van der Waals surface area contributed by atoms with Crippen molar-refractivity contribution >= 4 is 21.9 Å². The Morgan fingerprint density at radius 2 is 1.81 bits per heavy atom. The van der Waals surface area contributed by atoms with Crippen molar-refractivity contribution in [2.75, 3.05) is 5.32 Å². The minimum atomic E-state index is -4.37. The number of anilines is 1. The lowest BCUT2D eigenvalue weighted by Crippen LogP contribution is -2.38. The number of aromatic nitrogens is 1. The van der Waals surface area contributed by atoms with Crippen LogP contribution in [0.25, 0.3) is 0 Å². The third-order valence-electron chi connectivity index (χ3n) is 6.09. The normalized spacial score (nSPS) is 16.6. The van der Waals surface area contributed by atoms with Gasteiger partial charge in [0.05, 0.1) is 0 Å². The second-order valence-electron chi connectivity index (χ2n) is 8.09. The van der Waals surface area contributed by atoms with E-state index in [1.54, 1.807) is 0 Å². The summed E-state index contributed by atoms with van der Waals surface area (Å²) in [5.74, 6) is -3.39. The minimum absolute atomic E-state index is 0.253. The van der Waals surface area contributed by atoms with Crippen LogP contribution in [0.3, 0.4) is 0 Å². The van der Waals surface area contributed by atoms with Crippen molar-refractivity contribution < 1.29 is 27.1 Å². The van der Waals surface area contributed by atoms with Gasteiger partial charge in [-0.25, -0.2) is 22.3 Å². The number of amides is 2. The van der Waals surface area contributed by atoms with E-state index in [-0.39, 0.29) is 5.56 Å². The van der Waals surface area contributed by atoms with Crippen molar-refractivity contribution in [3.05, 3.63) is 52.3 Å². The largest absolute Gasteiger partial charge is 0.382 e. The highest BCUT2D eigenvalue weighted by atomic mass is 32.2. The van der Waals surface area contributed by atoms with Crippen molar-refractivity contribution in [1.82, 2.24) is 8.69 Å². The minimum Gasteiger partial charge on any atom is -0.382 e. The summed E-state index contributed by atoms with van der Waals surface area (Å²) in [6, 6.07) is 2.37. The maximum absolute atomic E-state index is 13.7. The molecule has 7 nitrogen and oxygen atoms in total. The van der Waals surface area contributed by atoms with E-state index >= 15 is 0 Å². The molecule has 168 valence electrons. The molecule has 0 saturated heterocycles. The van der Waals surface area contributed by atoms with E-state index in [9.17, 15) is 27.1 Å². The number of aliphatic hydroxyl groups excluding tert-OH is 1. The topological polar surface area (TPSA) is 100 Å². The van der Waals surface area contributed by atoms with Crippen LogP contribution in [0, 0.1) is 0 Å². The number of nitrogens with one attached hydrogen (secondary N) is 2. The fraction of sp³-hybridized carbons (Fsp3) is 0.476. The Morgan fingerprint density at radius 1 is 1.19 bits per heavy atom. The Hall–Kier alpha value is -2.46. The molecule has 2 aliphatic carbocycles. The molecule has 3 N–H and O–H groups in total. The van der Waals surface area contributed by atoms with E-state index in [0.29, 0.717) is 9.66 Å². The number of urea groups is 1. The third kappa shape index (κ3) is 4.06. The summed E-state index contributed by atoms with van der Waals surface area (Å²) in [4.78, 5) is 12.6. The van der Waals surface area contributed by atoms with E-state index in [1.165, 1.54) is 18.1 Å². The van der Waals surface area contributed by atoms with Gasteiger partial charge in [-0.3, -0.25) is 0 Å². The smallest absolute Gasteiger partial charge is 0.334 e. The molecule has 0 saturated carbocycles. The third-order valence-corrected chi connectivity index (χ3v) is 7.31. The van der Waals surface area contributed by atoms with Crippen molar-refractivity contribution in [3.63, 3.8) is 0 Å². The summed E-state index contributed by atoms with van der Waals surface area (Å²) < 4.78 is 55.1. The maximum Gasteiger partial charge on any atom is 0.334 e. The maximum atomic E-state index is 13.7. The molecule has 1 unspecified atom stereocenters. The number of aliphatic hydroxyl groups is 1. The molecule has 1 aromatic heterocycles. The number of hydrogen-bond donors (Lipinski definition) is 3. The average Bonchev–Trinajstić information content (AvgIpc) is 3.46. The zero-order chi connectivity index (χ0) is 22.4. The number of aryl methyl sites for hydroxylation is 2. The zero-order valence-electron chi connectivity index (χ0n) is 17.1. The van der Waals surface area contributed by atoms with Crippen LogP contribution in [-0.2, 0) is 35.9 Å². The van der Waals surface area contributed by atoms with E-state index in [2.05, 4.69) is 11.4 Å². The fourth-order valence-electron chi connectivity index (χ4n) is 4.42. The fourth-order valence-corrected chi connectivity index (χ4v) is 5.29. The molecule has 1 aromatic carbocycles. The number of halogens is 2. The first kappa shape index (κ1) is 21.8. The van der Waals surface area contributed by atoms with Crippen LogP contribution in [-0.4, -0.2) is 29.5 Å². The molecule has 1 heterocycles. The molecule has 31 heavy (non-hydrogen) atoms. The van der Waals surface area contributed by atoms with Gasteiger partial charge in [0.1, 0.15) is 6.10 Å². The van der Waals surface area contributed by atoms with Crippen molar-refractivity contribution in [2.45, 2.75) is 63.9 Å². The molecule has 0 bridgehead atoms. The van der Waals surface area contributed by atoms with Crippen LogP contribution in [0.4, 0.5) is 19.3 Å². The van der Waals surface area contributed by atoms with Crippen molar-refractivity contribution in [2.24, 2.45) is 0 Å². The molecule has 0 aliphatic heterocycles. The van der Waals surface area contributed by atoms with Gasteiger partial charge in [-0.15, -0.1) is 0 Å². The second kappa shape index (κ2) is 7.90. The summed E-state index contributed by atoms with van der Waals surface area (Å²) in [5.41, 5.74) is 4.94. The second-order valence-corrected chi connectivity index (χ2v) is 9.66. The molecular weight excluding hydrogens is 428 g/mol. The van der Waals surface area contributed by atoms with Gasteiger partial charge < -0.3 is 10.4 Å². The number of nitrogens with zero attached hydrogens (tertiary/aromatic N) is 1. The lowest BCUT2D eigenvalue weighted by Gasteiger charge is -2.20. The van der Waals surface area contributed by atoms with E-state index in [0.717, 1.165) is 68.1 Å². The van der Waals surface area contributed by atoms with Crippen LogP contribution in [0.15, 0.2) is 24.5 Å². The molecule has 0 radical (unpaired) electrons. The average molecular weight is 454 g/mol. The number of hydrogen-bond acceptors (Lipinski definition) is 4. The first-order valence-electron chi connectivity index (χ1n) is 10.4. The van der Waals surface area contributed by atoms with Gasteiger partial charge in [-0.2, -0.15) is 8.42 Å². The van der Waals surface area contributed by atoms with E-state index in [4.69, 9.17) is 0 Å². The summed E-state index contributed by atoms with van der Waals surface area (Å²) >= 11 is 0. The highest BCUT2D eigenvalue weighted by molar-refractivity contribution is 7.88. The highest BCUT2D eigenvalue weighted by Gasteiger charge is 2.38. The molecule has 1 atom stereocenters. The molecule has 0 fully saturated rings. The van der Waals surface area contributed by atoms with Gasteiger partial charge in [0.25, 0.3) is 5.92 Å². The molecule has 0 spiro atoms. The number of alkyl halides is 2. The molecule has 2 aliphatic rings. The van der Waals surface area contributed by atoms with Crippen molar-refractivity contribution in [3.8, 4) is 0 Å². The van der Waals surface area contributed by atoms with Gasteiger partial charge >= 0.3 is 16.2 Å². The number of rotatable bonds is 6. The van der Waals surface area contributed by atoms with Crippen LogP contribution < -0.4 is 10.0 Å². The Labute approximate surface area is 179 Å². The van der Waals surface area contributed by atoms with E-state index in [1.807, 2.05) is 4.72 Å². The SMILES string of the molecule is CCC(F)(F)C(O)c1ccn(S(=O)(=O)NC(=O)Nc2c3c(cc4c2CCC4)CCC3)c1. The van der Waals surface area contributed by atoms with Gasteiger partial charge in [0.15, 0.2) is 0 Å². The van der Waals surface area contributed by atoms with E-state index < -0.39 is 34.7 Å². The van der Waals surface area contributed by atoms with Gasteiger partial charge in [0.2, 0.25) is 0 Å². The Morgan fingerprint density at radius 3 is 2.39 bits per heavy atom. The number of carbonyl (C=O) groups excluding carboxylic acids is 1.